The Hall–Kier alpha value is -4.06. The summed E-state index contributed by atoms with van der Waals surface area (Å²) in [6.45, 7) is 1.97. The van der Waals surface area contributed by atoms with Crippen LogP contribution in [0.5, 0.6) is 5.88 Å². The van der Waals surface area contributed by atoms with Crippen LogP contribution in [0.25, 0.3) is 22.2 Å². The maximum Gasteiger partial charge on any atom is 0.419 e. The molecule has 0 amide bonds. The molecule has 2 N–H and O–H groups in total. The van der Waals surface area contributed by atoms with E-state index in [0.717, 1.165) is 42.7 Å². The number of H-pyrrole nitrogens is 1. The number of benzene rings is 3. The van der Waals surface area contributed by atoms with E-state index in [4.69, 9.17) is 13.8 Å². The van der Waals surface area contributed by atoms with Crippen molar-refractivity contribution in [2.75, 3.05) is 0 Å². The van der Waals surface area contributed by atoms with E-state index in [9.17, 15) is 9.90 Å². The number of aromatic amines is 1. The van der Waals surface area contributed by atoms with Gasteiger partial charge >= 0.3 is 5.76 Å². The Balaban J connectivity index is 1.18. The Morgan fingerprint density at radius 2 is 1.59 bits per heavy atom. The van der Waals surface area contributed by atoms with Crippen LogP contribution in [-0.4, -0.2) is 15.1 Å². The second-order valence-electron chi connectivity index (χ2n) is 8.54. The van der Waals surface area contributed by atoms with E-state index in [1.54, 1.807) is 0 Å². The Labute approximate surface area is 196 Å². The normalized spacial score (nSPS) is 11.3. The van der Waals surface area contributed by atoms with E-state index in [1.165, 1.54) is 21.9 Å². The Morgan fingerprint density at radius 1 is 0.853 bits per heavy atom. The van der Waals surface area contributed by atoms with Gasteiger partial charge in [-0.1, -0.05) is 54.6 Å². The third-order valence-corrected chi connectivity index (χ3v) is 6.13. The summed E-state index contributed by atoms with van der Waals surface area (Å²) in [6.07, 6.45) is 3.83. The van der Waals surface area contributed by atoms with Crippen LogP contribution in [0.1, 0.15) is 34.8 Å². The van der Waals surface area contributed by atoms with Crippen molar-refractivity contribution in [1.82, 2.24) is 9.97 Å². The fourth-order valence-corrected chi connectivity index (χ4v) is 4.22. The largest absolute Gasteiger partial charge is 0.492 e. The van der Waals surface area contributed by atoms with Crippen molar-refractivity contribution < 1.29 is 13.9 Å². The Bertz CT molecular complexity index is 1470. The van der Waals surface area contributed by atoms with E-state index >= 15 is 0 Å². The van der Waals surface area contributed by atoms with Crippen LogP contribution < -0.4 is 5.76 Å². The van der Waals surface area contributed by atoms with Gasteiger partial charge in [-0.25, -0.2) is 9.78 Å². The molecule has 6 heteroatoms. The molecule has 0 atom stereocenters. The number of hydrogen-bond donors (Lipinski definition) is 2. The van der Waals surface area contributed by atoms with Crippen molar-refractivity contribution in [2.24, 2.45) is 0 Å². The molecule has 0 saturated heterocycles. The van der Waals surface area contributed by atoms with E-state index < -0.39 is 5.76 Å². The van der Waals surface area contributed by atoms with Crippen molar-refractivity contribution in [3.63, 3.8) is 0 Å². The van der Waals surface area contributed by atoms with Crippen LogP contribution in [0.15, 0.2) is 80.4 Å². The Kier molecular flexibility index (Phi) is 6.04. The summed E-state index contributed by atoms with van der Waals surface area (Å²) in [6, 6.07) is 23.1. The third kappa shape index (κ3) is 4.81. The highest BCUT2D eigenvalue weighted by atomic mass is 16.4. The highest BCUT2D eigenvalue weighted by Gasteiger charge is 2.12. The third-order valence-electron chi connectivity index (χ3n) is 6.13. The van der Waals surface area contributed by atoms with Gasteiger partial charge in [-0.2, -0.15) is 0 Å². The van der Waals surface area contributed by atoms with Crippen LogP contribution in [0, 0.1) is 6.92 Å². The number of aryl methyl sites for hydroxylation is 5. The molecule has 0 radical (unpaired) electrons. The standard InChI is InChI=1S/C28H26N2O4/c1-18-24(29-27(33-18)23-15-14-21-6-2-3-7-22(21)17-23)16-13-20-11-9-19(10-12-20)5-4-8-25-26(31)30-28(32)34-25/h2-3,6-7,9-12,14-15,17,31H,4-5,8,13,16H2,1H3,(H,30,32). The quantitative estimate of drug-likeness (QED) is 0.311. The number of oxazole rings is 2. The average Bonchev–Trinajstić information content (AvgIpc) is 3.38. The first-order chi connectivity index (χ1) is 16.5. The lowest BCUT2D eigenvalue weighted by molar-refractivity contribution is 0.417. The van der Waals surface area contributed by atoms with Gasteiger partial charge in [0.25, 0.3) is 0 Å². The number of nitrogens with one attached hydrogen (secondary N) is 1. The lowest BCUT2D eigenvalue weighted by Crippen LogP contribution is -1.95. The fourth-order valence-electron chi connectivity index (χ4n) is 4.22. The first kappa shape index (κ1) is 21.8. The van der Waals surface area contributed by atoms with Gasteiger partial charge in [-0.3, -0.25) is 4.98 Å². The molecule has 172 valence electrons. The Morgan fingerprint density at radius 3 is 2.32 bits per heavy atom. The molecule has 0 aliphatic rings. The summed E-state index contributed by atoms with van der Waals surface area (Å²) >= 11 is 0. The van der Waals surface area contributed by atoms with Crippen molar-refractivity contribution in [1.29, 1.82) is 0 Å². The number of nitrogens with zero attached hydrogens (tertiary/aromatic N) is 1. The molecule has 0 spiro atoms. The summed E-state index contributed by atoms with van der Waals surface area (Å²) in [7, 11) is 0. The topological polar surface area (TPSA) is 92.3 Å². The van der Waals surface area contributed by atoms with Crippen LogP contribution in [0.2, 0.25) is 0 Å². The van der Waals surface area contributed by atoms with Crippen LogP contribution in [0.4, 0.5) is 0 Å². The molecule has 2 aromatic heterocycles. The molecule has 2 heterocycles. The zero-order valence-electron chi connectivity index (χ0n) is 19.0. The van der Waals surface area contributed by atoms with Crippen molar-refractivity contribution >= 4 is 10.8 Å². The van der Waals surface area contributed by atoms with E-state index in [1.807, 2.05) is 19.1 Å². The minimum absolute atomic E-state index is 0.174. The number of aromatic nitrogens is 2. The predicted molar refractivity (Wildman–Crippen MR) is 131 cm³/mol. The molecule has 3 aromatic carbocycles. The summed E-state index contributed by atoms with van der Waals surface area (Å²) in [5, 5.41) is 12.0. The van der Waals surface area contributed by atoms with Gasteiger partial charge in [0.05, 0.1) is 5.69 Å². The van der Waals surface area contributed by atoms with Crippen LogP contribution >= 0.6 is 0 Å². The summed E-state index contributed by atoms with van der Waals surface area (Å²) < 4.78 is 10.9. The molecule has 6 nitrogen and oxygen atoms in total. The molecule has 0 bridgehead atoms. The zero-order valence-corrected chi connectivity index (χ0v) is 19.0. The minimum Gasteiger partial charge on any atom is -0.492 e. The summed E-state index contributed by atoms with van der Waals surface area (Å²) in [5.41, 5.74) is 4.43. The lowest BCUT2D eigenvalue weighted by Gasteiger charge is -2.04. The second-order valence-corrected chi connectivity index (χ2v) is 8.54. The van der Waals surface area contributed by atoms with Gasteiger partial charge in [0.1, 0.15) is 5.76 Å². The predicted octanol–water partition coefficient (Wildman–Crippen LogP) is 5.75. The van der Waals surface area contributed by atoms with Crippen molar-refractivity contribution in [3.05, 3.63) is 106 Å². The van der Waals surface area contributed by atoms with E-state index in [-0.39, 0.29) is 5.88 Å². The van der Waals surface area contributed by atoms with Gasteiger partial charge in [0.15, 0.2) is 5.76 Å². The van der Waals surface area contributed by atoms with Gasteiger partial charge in [0.2, 0.25) is 11.8 Å². The van der Waals surface area contributed by atoms with Gasteiger partial charge in [0, 0.05) is 12.0 Å². The van der Waals surface area contributed by atoms with Crippen molar-refractivity contribution in [2.45, 2.75) is 39.0 Å². The van der Waals surface area contributed by atoms with Crippen LogP contribution in [-0.2, 0) is 25.7 Å². The highest BCUT2D eigenvalue weighted by molar-refractivity contribution is 5.86. The molecule has 34 heavy (non-hydrogen) atoms. The fraction of sp³-hybridized carbons (Fsp3) is 0.214. The molecular formula is C28H26N2O4. The summed E-state index contributed by atoms with van der Waals surface area (Å²) in [5.74, 6) is 1.04. The van der Waals surface area contributed by atoms with E-state index in [0.29, 0.717) is 18.1 Å². The van der Waals surface area contributed by atoms with Gasteiger partial charge in [-0.05, 0) is 66.6 Å². The first-order valence-electron chi connectivity index (χ1n) is 11.5. The molecule has 0 aliphatic carbocycles. The molecule has 0 unspecified atom stereocenters. The maximum absolute atomic E-state index is 11.1. The molecule has 5 rings (SSSR count). The number of aromatic hydroxyl groups is 1. The molecule has 0 saturated carbocycles. The van der Waals surface area contributed by atoms with Crippen molar-refractivity contribution in [3.8, 4) is 17.3 Å². The smallest absolute Gasteiger partial charge is 0.419 e. The number of fused-ring (bicyclic) bond motifs is 1. The molecule has 5 aromatic rings. The molecule has 0 fully saturated rings. The minimum atomic E-state index is -0.622. The maximum atomic E-state index is 11.1. The summed E-state index contributed by atoms with van der Waals surface area (Å²) in [4.78, 5) is 18.1. The monoisotopic (exact) mass is 454 g/mol. The number of hydrogen-bond acceptors (Lipinski definition) is 5. The molecular weight excluding hydrogens is 428 g/mol. The van der Waals surface area contributed by atoms with E-state index in [2.05, 4.69) is 59.6 Å². The second kappa shape index (κ2) is 9.43. The average molecular weight is 455 g/mol. The van der Waals surface area contributed by atoms with Gasteiger partial charge < -0.3 is 13.9 Å². The lowest BCUT2D eigenvalue weighted by atomic mass is 10.0. The van der Waals surface area contributed by atoms with Crippen LogP contribution in [0.3, 0.4) is 0 Å². The molecule has 0 aliphatic heterocycles. The SMILES string of the molecule is Cc1oc(-c2ccc3ccccc3c2)nc1CCc1ccc(CCCc2oc(=O)[nH]c2O)cc1. The highest BCUT2D eigenvalue weighted by Crippen LogP contribution is 2.26. The number of rotatable bonds is 8. The first-order valence-corrected chi connectivity index (χ1v) is 11.5. The zero-order chi connectivity index (χ0) is 23.5. The van der Waals surface area contributed by atoms with Gasteiger partial charge in [-0.15, -0.1) is 0 Å².